The second-order valence-corrected chi connectivity index (χ2v) is 4.37. The van der Waals surface area contributed by atoms with Gasteiger partial charge in [-0.25, -0.2) is 4.79 Å². The second-order valence-electron chi connectivity index (χ2n) is 4.37. The Balaban J connectivity index is 2.25. The maximum atomic E-state index is 11.3. The van der Waals surface area contributed by atoms with Crippen LogP contribution >= 0.6 is 0 Å². The number of para-hydroxylation sites is 1. The summed E-state index contributed by atoms with van der Waals surface area (Å²) in [6.45, 7) is 1.93. The third kappa shape index (κ3) is 1.90. The molecule has 3 heteroatoms. The maximum absolute atomic E-state index is 11.3. The van der Waals surface area contributed by atoms with E-state index >= 15 is 0 Å². The van der Waals surface area contributed by atoms with E-state index in [0.29, 0.717) is 18.6 Å². The highest BCUT2D eigenvalue weighted by molar-refractivity contribution is 5.78. The average molecular weight is 220 g/mol. The van der Waals surface area contributed by atoms with Gasteiger partial charge >= 0.3 is 5.97 Å². The molecular formula is C13H16O3. The largest absolute Gasteiger partial charge is 0.478 e. The standard InChI is InChI=1S/C13H16O3/c1-10-6-2-3-7-11(10)16-13(12(14)15)8-4-5-9-13/h2-3,6-7H,4-5,8-9H2,1H3,(H,14,15). The minimum absolute atomic E-state index is 0.608. The van der Waals surface area contributed by atoms with Crippen molar-refractivity contribution in [3.8, 4) is 5.75 Å². The highest BCUT2D eigenvalue weighted by Gasteiger charge is 2.44. The summed E-state index contributed by atoms with van der Waals surface area (Å²) in [4.78, 5) is 11.3. The van der Waals surface area contributed by atoms with E-state index in [0.717, 1.165) is 18.4 Å². The van der Waals surface area contributed by atoms with Gasteiger partial charge in [-0.1, -0.05) is 18.2 Å². The van der Waals surface area contributed by atoms with Crippen molar-refractivity contribution in [1.29, 1.82) is 0 Å². The molecule has 86 valence electrons. The van der Waals surface area contributed by atoms with E-state index in [-0.39, 0.29) is 0 Å². The van der Waals surface area contributed by atoms with Crippen molar-refractivity contribution < 1.29 is 14.6 Å². The van der Waals surface area contributed by atoms with Gasteiger partial charge in [-0.3, -0.25) is 0 Å². The molecule has 0 spiro atoms. The lowest BCUT2D eigenvalue weighted by Gasteiger charge is -2.26. The Morgan fingerprint density at radius 1 is 1.31 bits per heavy atom. The minimum atomic E-state index is -0.994. The van der Waals surface area contributed by atoms with Crippen molar-refractivity contribution in [2.45, 2.75) is 38.2 Å². The molecule has 0 atom stereocenters. The fourth-order valence-electron chi connectivity index (χ4n) is 2.19. The van der Waals surface area contributed by atoms with Crippen LogP contribution in [-0.4, -0.2) is 16.7 Å². The van der Waals surface area contributed by atoms with Crippen LogP contribution in [0.4, 0.5) is 0 Å². The minimum Gasteiger partial charge on any atom is -0.478 e. The number of hydrogen-bond donors (Lipinski definition) is 1. The summed E-state index contributed by atoms with van der Waals surface area (Å²) in [6.07, 6.45) is 3.07. The SMILES string of the molecule is Cc1ccccc1OC1(C(=O)O)CCCC1. The van der Waals surface area contributed by atoms with Crippen LogP contribution in [0.15, 0.2) is 24.3 Å². The van der Waals surface area contributed by atoms with E-state index in [2.05, 4.69) is 0 Å². The summed E-state index contributed by atoms with van der Waals surface area (Å²) in [7, 11) is 0. The summed E-state index contributed by atoms with van der Waals surface area (Å²) < 4.78 is 5.76. The number of carboxylic acids is 1. The monoisotopic (exact) mass is 220 g/mol. The number of carbonyl (C=O) groups is 1. The molecule has 0 saturated heterocycles. The molecular weight excluding hydrogens is 204 g/mol. The molecule has 1 aliphatic rings. The van der Waals surface area contributed by atoms with Crippen LogP contribution in [0.2, 0.25) is 0 Å². The number of carboxylic acid groups (broad SMARTS) is 1. The molecule has 1 fully saturated rings. The summed E-state index contributed by atoms with van der Waals surface area (Å²) in [5.41, 5.74) is -0.0124. The Morgan fingerprint density at radius 2 is 1.94 bits per heavy atom. The lowest BCUT2D eigenvalue weighted by atomic mass is 10.0. The van der Waals surface area contributed by atoms with Crippen LogP contribution in [0.25, 0.3) is 0 Å². The fourth-order valence-corrected chi connectivity index (χ4v) is 2.19. The Bertz CT molecular complexity index is 392. The molecule has 0 bridgehead atoms. The van der Waals surface area contributed by atoms with Crippen molar-refractivity contribution in [3.05, 3.63) is 29.8 Å². The van der Waals surface area contributed by atoms with Crippen molar-refractivity contribution in [3.63, 3.8) is 0 Å². The van der Waals surface area contributed by atoms with Gasteiger partial charge < -0.3 is 9.84 Å². The van der Waals surface area contributed by atoms with Gasteiger partial charge in [0.1, 0.15) is 5.75 Å². The third-order valence-corrected chi connectivity index (χ3v) is 3.20. The van der Waals surface area contributed by atoms with Crippen LogP contribution in [0.5, 0.6) is 5.75 Å². The number of ether oxygens (including phenoxy) is 1. The first-order chi connectivity index (χ1) is 7.64. The van der Waals surface area contributed by atoms with Crippen LogP contribution in [-0.2, 0) is 4.79 Å². The molecule has 3 nitrogen and oxygen atoms in total. The van der Waals surface area contributed by atoms with Gasteiger partial charge in [-0.2, -0.15) is 0 Å². The molecule has 1 N–H and O–H groups in total. The zero-order valence-electron chi connectivity index (χ0n) is 9.40. The van der Waals surface area contributed by atoms with Gasteiger partial charge in [0.25, 0.3) is 0 Å². The summed E-state index contributed by atoms with van der Waals surface area (Å²) in [5.74, 6) is -0.153. The van der Waals surface area contributed by atoms with Crippen molar-refractivity contribution >= 4 is 5.97 Å². The van der Waals surface area contributed by atoms with E-state index in [1.807, 2.05) is 31.2 Å². The maximum Gasteiger partial charge on any atom is 0.348 e. The zero-order chi connectivity index (χ0) is 11.6. The molecule has 0 heterocycles. The van der Waals surface area contributed by atoms with Gasteiger partial charge in [0.05, 0.1) is 0 Å². The first kappa shape index (κ1) is 11.0. The molecule has 1 aromatic rings. The van der Waals surface area contributed by atoms with Crippen LogP contribution in [0.3, 0.4) is 0 Å². The van der Waals surface area contributed by atoms with Gasteiger partial charge in [0.15, 0.2) is 0 Å². The van der Waals surface area contributed by atoms with E-state index in [1.165, 1.54) is 0 Å². The molecule has 0 amide bonds. The van der Waals surface area contributed by atoms with Gasteiger partial charge in [0.2, 0.25) is 5.60 Å². The molecule has 16 heavy (non-hydrogen) atoms. The Morgan fingerprint density at radius 3 is 2.50 bits per heavy atom. The fraction of sp³-hybridized carbons (Fsp3) is 0.462. The molecule has 0 aromatic heterocycles. The molecule has 1 aromatic carbocycles. The summed E-state index contributed by atoms with van der Waals surface area (Å²) in [5, 5.41) is 9.29. The molecule has 1 saturated carbocycles. The Hall–Kier alpha value is -1.51. The predicted molar refractivity (Wildman–Crippen MR) is 60.6 cm³/mol. The number of benzene rings is 1. The Kier molecular flexibility index (Phi) is 2.86. The van der Waals surface area contributed by atoms with E-state index in [1.54, 1.807) is 0 Å². The van der Waals surface area contributed by atoms with E-state index in [4.69, 9.17) is 4.74 Å². The molecule has 0 unspecified atom stereocenters. The van der Waals surface area contributed by atoms with Gasteiger partial charge in [0, 0.05) is 0 Å². The molecule has 0 aliphatic heterocycles. The van der Waals surface area contributed by atoms with Crippen LogP contribution in [0.1, 0.15) is 31.2 Å². The van der Waals surface area contributed by atoms with Gasteiger partial charge in [-0.15, -0.1) is 0 Å². The van der Waals surface area contributed by atoms with E-state index < -0.39 is 11.6 Å². The first-order valence-electron chi connectivity index (χ1n) is 5.62. The topological polar surface area (TPSA) is 46.5 Å². The van der Waals surface area contributed by atoms with Crippen LogP contribution in [0, 0.1) is 6.92 Å². The lowest BCUT2D eigenvalue weighted by molar-refractivity contribution is -0.154. The highest BCUT2D eigenvalue weighted by atomic mass is 16.5. The number of aliphatic carboxylic acids is 1. The van der Waals surface area contributed by atoms with Crippen molar-refractivity contribution in [2.24, 2.45) is 0 Å². The average Bonchev–Trinajstić information content (AvgIpc) is 2.71. The summed E-state index contributed by atoms with van der Waals surface area (Å²) >= 11 is 0. The lowest BCUT2D eigenvalue weighted by Crippen LogP contribution is -2.41. The van der Waals surface area contributed by atoms with Crippen LogP contribution < -0.4 is 4.74 Å². The Labute approximate surface area is 95.0 Å². The van der Waals surface area contributed by atoms with Gasteiger partial charge in [-0.05, 0) is 44.2 Å². The van der Waals surface area contributed by atoms with Crippen molar-refractivity contribution in [1.82, 2.24) is 0 Å². The second kappa shape index (κ2) is 4.16. The number of rotatable bonds is 3. The quantitative estimate of drug-likeness (QED) is 0.852. The normalized spacial score (nSPS) is 18.3. The molecule has 2 rings (SSSR count). The number of hydrogen-bond acceptors (Lipinski definition) is 2. The molecule has 1 aliphatic carbocycles. The smallest absolute Gasteiger partial charge is 0.348 e. The predicted octanol–water partition coefficient (Wildman–Crippen LogP) is 2.77. The summed E-state index contributed by atoms with van der Waals surface area (Å²) in [6, 6.07) is 7.55. The molecule has 0 radical (unpaired) electrons. The highest BCUT2D eigenvalue weighted by Crippen LogP contribution is 2.35. The van der Waals surface area contributed by atoms with E-state index in [9.17, 15) is 9.90 Å². The zero-order valence-corrected chi connectivity index (χ0v) is 9.40. The first-order valence-corrected chi connectivity index (χ1v) is 5.62. The number of aryl methyl sites for hydroxylation is 1. The van der Waals surface area contributed by atoms with Crippen molar-refractivity contribution in [2.75, 3.05) is 0 Å². The third-order valence-electron chi connectivity index (χ3n) is 3.20.